The third-order valence-corrected chi connectivity index (χ3v) is 7.49. The van der Waals surface area contributed by atoms with Gasteiger partial charge in [-0.1, -0.05) is 51.3 Å². The number of amides is 4. The van der Waals surface area contributed by atoms with Gasteiger partial charge in [0.2, 0.25) is 0 Å². The molecule has 1 aliphatic rings. The highest BCUT2D eigenvalue weighted by Gasteiger charge is 2.37. The molecule has 0 spiro atoms. The van der Waals surface area contributed by atoms with Gasteiger partial charge in [-0.25, -0.2) is 9.69 Å². The number of barbiturate groups is 1. The maximum atomic E-state index is 13.4. The standard InChI is InChI=1S/C30H25BrCl2N2O5/c1-4-6-19-12-18(14-26(39-5-2)27(19)40-16-20-7-8-21(32)15-25(20)33)13-23-28(36)34-30(38)35(29(23)37)22-9-10-24(31)17(3)11-22/h4,7-15H,1,5-6,16H2,2-3H3,(H,34,36,38)/b23-13+. The molecule has 0 aliphatic carbocycles. The van der Waals surface area contributed by atoms with Crippen LogP contribution in [0.15, 0.2) is 71.2 Å². The normalized spacial score (nSPS) is 14.4. The summed E-state index contributed by atoms with van der Waals surface area (Å²) in [6, 6.07) is 12.8. The Kier molecular flexibility index (Phi) is 9.35. The first-order valence-corrected chi connectivity index (χ1v) is 13.8. The topological polar surface area (TPSA) is 84.9 Å². The molecule has 3 aromatic rings. The van der Waals surface area contributed by atoms with Crippen LogP contribution in [0.5, 0.6) is 11.5 Å². The lowest BCUT2D eigenvalue weighted by atomic mass is 10.0. The van der Waals surface area contributed by atoms with Crippen LogP contribution in [0.2, 0.25) is 10.0 Å². The molecule has 4 amide bonds. The zero-order valence-corrected chi connectivity index (χ0v) is 24.8. The first-order chi connectivity index (χ1) is 19.1. The fourth-order valence-electron chi connectivity index (χ4n) is 4.12. The van der Waals surface area contributed by atoms with Crippen LogP contribution < -0.4 is 19.7 Å². The van der Waals surface area contributed by atoms with Crippen molar-refractivity contribution < 1.29 is 23.9 Å². The molecule has 4 rings (SSSR count). The van der Waals surface area contributed by atoms with E-state index in [2.05, 4.69) is 27.8 Å². The van der Waals surface area contributed by atoms with Crippen LogP contribution in [-0.4, -0.2) is 24.5 Å². The van der Waals surface area contributed by atoms with E-state index < -0.39 is 17.8 Å². The Balaban J connectivity index is 1.73. The van der Waals surface area contributed by atoms with Crippen molar-refractivity contribution in [3.05, 3.63) is 104 Å². The van der Waals surface area contributed by atoms with Crippen LogP contribution >= 0.6 is 39.1 Å². The largest absolute Gasteiger partial charge is 0.490 e. The van der Waals surface area contributed by atoms with Gasteiger partial charge in [-0.3, -0.25) is 14.9 Å². The van der Waals surface area contributed by atoms with Crippen molar-refractivity contribution in [2.45, 2.75) is 26.9 Å². The molecule has 1 saturated heterocycles. The molecule has 0 bridgehead atoms. The van der Waals surface area contributed by atoms with Crippen LogP contribution in [0.3, 0.4) is 0 Å². The van der Waals surface area contributed by atoms with Gasteiger partial charge in [-0.05, 0) is 79.9 Å². The Morgan fingerprint density at radius 3 is 2.48 bits per heavy atom. The van der Waals surface area contributed by atoms with Crippen molar-refractivity contribution in [2.24, 2.45) is 0 Å². The molecule has 40 heavy (non-hydrogen) atoms. The molecule has 0 saturated carbocycles. The number of urea groups is 1. The number of hydrogen-bond acceptors (Lipinski definition) is 5. The molecule has 3 aromatic carbocycles. The molecule has 1 N–H and O–H groups in total. The van der Waals surface area contributed by atoms with Crippen LogP contribution in [0.1, 0.15) is 29.2 Å². The second-order valence-electron chi connectivity index (χ2n) is 8.85. The third-order valence-electron chi connectivity index (χ3n) is 6.02. The van der Waals surface area contributed by atoms with Gasteiger partial charge in [-0.2, -0.15) is 0 Å². The maximum absolute atomic E-state index is 13.4. The Hall–Kier alpha value is -3.59. The number of allylic oxidation sites excluding steroid dienone is 1. The molecule has 7 nitrogen and oxygen atoms in total. The number of aryl methyl sites for hydroxylation is 1. The summed E-state index contributed by atoms with van der Waals surface area (Å²) >= 11 is 15.7. The molecule has 0 unspecified atom stereocenters. The highest BCUT2D eigenvalue weighted by Crippen LogP contribution is 2.36. The zero-order chi connectivity index (χ0) is 29.0. The quantitative estimate of drug-likeness (QED) is 0.149. The predicted molar refractivity (Wildman–Crippen MR) is 160 cm³/mol. The van der Waals surface area contributed by atoms with Gasteiger partial charge in [0.25, 0.3) is 11.8 Å². The van der Waals surface area contributed by atoms with E-state index in [-0.39, 0.29) is 12.2 Å². The number of nitrogens with one attached hydrogen (secondary N) is 1. The Morgan fingerprint density at radius 2 is 1.80 bits per heavy atom. The molecular weight excluding hydrogens is 619 g/mol. The number of hydrogen-bond donors (Lipinski definition) is 1. The molecule has 1 heterocycles. The number of halogens is 3. The number of imide groups is 2. The van der Waals surface area contributed by atoms with E-state index in [9.17, 15) is 14.4 Å². The van der Waals surface area contributed by atoms with E-state index in [0.29, 0.717) is 45.8 Å². The first kappa shape index (κ1) is 29.4. The SMILES string of the molecule is C=CCc1cc(/C=C2\C(=O)NC(=O)N(c3ccc(Br)c(C)c3)C2=O)cc(OCC)c1OCc1ccc(Cl)cc1Cl. The second kappa shape index (κ2) is 12.7. The Bertz CT molecular complexity index is 1550. The molecule has 0 radical (unpaired) electrons. The minimum absolute atomic E-state index is 0.158. The maximum Gasteiger partial charge on any atom is 0.335 e. The number of carbonyl (C=O) groups excluding carboxylic acids is 3. The monoisotopic (exact) mass is 642 g/mol. The van der Waals surface area contributed by atoms with E-state index in [4.69, 9.17) is 32.7 Å². The summed E-state index contributed by atoms with van der Waals surface area (Å²) < 4.78 is 12.9. The van der Waals surface area contributed by atoms with E-state index in [1.54, 1.807) is 54.6 Å². The van der Waals surface area contributed by atoms with Crippen LogP contribution in [0, 0.1) is 6.92 Å². The molecule has 10 heteroatoms. The fraction of sp³-hybridized carbons (Fsp3) is 0.167. The van der Waals surface area contributed by atoms with Crippen LogP contribution in [0.25, 0.3) is 6.08 Å². The van der Waals surface area contributed by atoms with E-state index in [1.807, 2.05) is 13.8 Å². The zero-order valence-electron chi connectivity index (χ0n) is 21.7. The number of carbonyl (C=O) groups is 3. The van der Waals surface area contributed by atoms with Crippen LogP contribution in [0.4, 0.5) is 10.5 Å². The van der Waals surface area contributed by atoms with Gasteiger partial charge in [-0.15, -0.1) is 6.58 Å². The summed E-state index contributed by atoms with van der Waals surface area (Å²) in [5.74, 6) is -0.632. The lowest BCUT2D eigenvalue weighted by Crippen LogP contribution is -2.54. The van der Waals surface area contributed by atoms with Crippen LogP contribution in [-0.2, 0) is 22.6 Å². The van der Waals surface area contributed by atoms with Crippen molar-refractivity contribution in [2.75, 3.05) is 11.5 Å². The van der Waals surface area contributed by atoms with Crippen molar-refractivity contribution in [3.8, 4) is 11.5 Å². The van der Waals surface area contributed by atoms with Gasteiger partial charge in [0.05, 0.1) is 12.3 Å². The minimum Gasteiger partial charge on any atom is -0.490 e. The summed E-state index contributed by atoms with van der Waals surface area (Å²) in [5.41, 5.74) is 2.94. The van der Waals surface area contributed by atoms with Crippen molar-refractivity contribution in [3.63, 3.8) is 0 Å². The average Bonchev–Trinajstić information content (AvgIpc) is 2.89. The number of benzene rings is 3. The van der Waals surface area contributed by atoms with Gasteiger partial charge < -0.3 is 9.47 Å². The molecular formula is C30H25BrCl2N2O5. The fourth-order valence-corrected chi connectivity index (χ4v) is 4.83. The van der Waals surface area contributed by atoms with Gasteiger partial charge in [0.1, 0.15) is 12.2 Å². The Labute approximate surface area is 250 Å². The molecule has 0 atom stereocenters. The third kappa shape index (κ3) is 6.41. The summed E-state index contributed by atoms with van der Waals surface area (Å²) in [6.45, 7) is 8.01. The Morgan fingerprint density at radius 1 is 1.02 bits per heavy atom. The molecule has 1 fully saturated rings. The average molecular weight is 644 g/mol. The number of anilines is 1. The lowest BCUT2D eigenvalue weighted by Gasteiger charge is -2.27. The number of rotatable bonds is 9. The summed E-state index contributed by atoms with van der Waals surface area (Å²) in [7, 11) is 0. The van der Waals surface area contributed by atoms with Crippen molar-refractivity contribution >= 4 is 68.7 Å². The second-order valence-corrected chi connectivity index (χ2v) is 10.5. The van der Waals surface area contributed by atoms with Crippen molar-refractivity contribution in [1.82, 2.24) is 5.32 Å². The molecule has 0 aromatic heterocycles. The first-order valence-electron chi connectivity index (χ1n) is 12.3. The summed E-state index contributed by atoms with van der Waals surface area (Å²) in [6.07, 6.45) is 3.56. The minimum atomic E-state index is -0.819. The summed E-state index contributed by atoms with van der Waals surface area (Å²) in [5, 5.41) is 3.24. The van der Waals surface area contributed by atoms with E-state index in [1.165, 1.54) is 6.08 Å². The molecule has 1 aliphatic heterocycles. The van der Waals surface area contributed by atoms with Gasteiger partial charge >= 0.3 is 6.03 Å². The highest BCUT2D eigenvalue weighted by molar-refractivity contribution is 9.10. The number of nitrogens with zero attached hydrogens (tertiary/aromatic N) is 1. The van der Waals surface area contributed by atoms with Gasteiger partial charge in [0, 0.05) is 25.6 Å². The summed E-state index contributed by atoms with van der Waals surface area (Å²) in [4.78, 5) is 39.8. The molecule has 206 valence electrons. The number of ether oxygens (including phenoxy) is 2. The van der Waals surface area contributed by atoms with Crippen molar-refractivity contribution in [1.29, 1.82) is 0 Å². The van der Waals surface area contributed by atoms with Gasteiger partial charge in [0.15, 0.2) is 11.5 Å². The predicted octanol–water partition coefficient (Wildman–Crippen LogP) is 7.44. The highest BCUT2D eigenvalue weighted by atomic mass is 79.9. The van der Waals surface area contributed by atoms with E-state index in [0.717, 1.165) is 26.1 Å². The lowest BCUT2D eigenvalue weighted by molar-refractivity contribution is -0.122. The smallest absolute Gasteiger partial charge is 0.335 e. The van der Waals surface area contributed by atoms with E-state index >= 15 is 0 Å².